The van der Waals surface area contributed by atoms with Crippen LogP contribution in [0.3, 0.4) is 0 Å². The number of hydrogen-bond donors (Lipinski definition) is 2. The highest BCUT2D eigenvalue weighted by atomic mass is 16.1. The molecule has 0 unspecified atom stereocenters. The number of amides is 1. The minimum atomic E-state index is -0.0664. The van der Waals surface area contributed by atoms with Crippen LogP contribution in [0, 0.1) is 0 Å². The van der Waals surface area contributed by atoms with Gasteiger partial charge in [0.2, 0.25) is 5.91 Å². The van der Waals surface area contributed by atoms with Crippen molar-refractivity contribution >= 4 is 11.7 Å². The van der Waals surface area contributed by atoms with E-state index in [-0.39, 0.29) is 5.91 Å². The number of aryl methyl sites for hydroxylation is 1. The highest BCUT2D eigenvalue weighted by Gasteiger charge is 2.05. The standard InChI is InChI=1S/C9H14N4O/c1-3-4-8(14)11-5-7-6-12-13(2)9(7)10/h3,6H,1,4-5,10H2,2H3,(H,11,14). The summed E-state index contributed by atoms with van der Waals surface area (Å²) in [6.07, 6.45) is 3.52. The quantitative estimate of drug-likeness (QED) is 0.672. The second-order valence-electron chi connectivity index (χ2n) is 2.95. The molecule has 1 amide bonds. The van der Waals surface area contributed by atoms with Crippen LogP contribution in [0.2, 0.25) is 0 Å². The minimum absolute atomic E-state index is 0.0664. The van der Waals surface area contributed by atoms with Gasteiger partial charge in [-0.2, -0.15) is 5.10 Å². The predicted octanol–water partition coefficient (Wildman–Crippen LogP) is 0.195. The van der Waals surface area contributed by atoms with Gasteiger partial charge in [-0.05, 0) is 0 Å². The van der Waals surface area contributed by atoms with Crippen molar-refractivity contribution in [2.45, 2.75) is 13.0 Å². The van der Waals surface area contributed by atoms with E-state index in [4.69, 9.17) is 5.73 Å². The SMILES string of the molecule is C=CCC(=O)NCc1cnn(C)c1N. The Hall–Kier alpha value is -1.78. The van der Waals surface area contributed by atoms with E-state index in [1.807, 2.05) is 0 Å². The molecule has 0 fully saturated rings. The zero-order valence-electron chi connectivity index (χ0n) is 8.16. The lowest BCUT2D eigenvalue weighted by atomic mass is 10.3. The first-order valence-corrected chi connectivity index (χ1v) is 4.29. The molecule has 0 spiro atoms. The van der Waals surface area contributed by atoms with Gasteiger partial charge in [-0.3, -0.25) is 9.48 Å². The number of rotatable bonds is 4. The molecule has 76 valence electrons. The molecule has 0 aliphatic rings. The Balaban J connectivity index is 2.49. The zero-order chi connectivity index (χ0) is 10.6. The molecular formula is C9H14N4O. The van der Waals surface area contributed by atoms with Crippen LogP contribution in [0.15, 0.2) is 18.9 Å². The molecule has 0 saturated carbocycles. The lowest BCUT2D eigenvalue weighted by molar-refractivity contribution is -0.120. The summed E-state index contributed by atoms with van der Waals surface area (Å²) in [6.45, 7) is 3.88. The number of nitrogens with two attached hydrogens (primary N) is 1. The Morgan fingerprint density at radius 3 is 3.07 bits per heavy atom. The lowest BCUT2D eigenvalue weighted by Crippen LogP contribution is -2.22. The Labute approximate surface area is 82.6 Å². The normalized spacial score (nSPS) is 9.79. The van der Waals surface area contributed by atoms with E-state index < -0.39 is 0 Å². The molecule has 0 aromatic carbocycles. The number of carbonyl (C=O) groups is 1. The average Bonchev–Trinajstić information content (AvgIpc) is 2.46. The van der Waals surface area contributed by atoms with E-state index in [0.29, 0.717) is 18.8 Å². The highest BCUT2D eigenvalue weighted by molar-refractivity contribution is 5.77. The third-order valence-electron chi connectivity index (χ3n) is 1.87. The van der Waals surface area contributed by atoms with Crippen LogP contribution in [0.25, 0.3) is 0 Å². The van der Waals surface area contributed by atoms with E-state index in [1.54, 1.807) is 24.0 Å². The van der Waals surface area contributed by atoms with E-state index in [0.717, 1.165) is 5.56 Å². The van der Waals surface area contributed by atoms with E-state index >= 15 is 0 Å². The van der Waals surface area contributed by atoms with Gasteiger partial charge in [0, 0.05) is 25.6 Å². The van der Waals surface area contributed by atoms with Gasteiger partial charge in [-0.25, -0.2) is 0 Å². The summed E-state index contributed by atoms with van der Waals surface area (Å²) in [4.78, 5) is 11.1. The van der Waals surface area contributed by atoms with Gasteiger partial charge in [-0.15, -0.1) is 6.58 Å². The Morgan fingerprint density at radius 2 is 2.57 bits per heavy atom. The molecule has 1 rings (SSSR count). The average molecular weight is 194 g/mol. The topological polar surface area (TPSA) is 72.9 Å². The Bertz CT molecular complexity index is 343. The van der Waals surface area contributed by atoms with Crippen molar-refractivity contribution in [3.05, 3.63) is 24.4 Å². The van der Waals surface area contributed by atoms with E-state index in [9.17, 15) is 4.79 Å². The van der Waals surface area contributed by atoms with Crippen LogP contribution in [-0.2, 0) is 18.4 Å². The van der Waals surface area contributed by atoms with Crippen LogP contribution in [0.1, 0.15) is 12.0 Å². The van der Waals surface area contributed by atoms with Crippen molar-refractivity contribution < 1.29 is 4.79 Å². The third-order valence-corrected chi connectivity index (χ3v) is 1.87. The number of carbonyl (C=O) groups excluding carboxylic acids is 1. The van der Waals surface area contributed by atoms with E-state index in [2.05, 4.69) is 17.0 Å². The molecule has 1 aromatic rings. The van der Waals surface area contributed by atoms with Crippen molar-refractivity contribution in [1.82, 2.24) is 15.1 Å². The fourth-order valence-electron chi connectivity index (χ4n) is 1.03. The van der Waals surface area contributed by atoms with Crippen LogP contribution < -0.4 is 11.1 Å². The maximum Gasteiger partial charge on any atom is 0.224 e. The Kier molecular flexibility index (Phi) is 3.28. The molecule has 0 bridgehead atoms. The summed E-state index contributed by atoms with van der Waals surface area (Å²) >= 11 is 0. The molecule has 3 N–H and O–H groups in total. The number of nitrogens with one attached hydrogen (secondary N) is 1. The van der Waals surface area contributed by atoms with E-state index in [1.165, 1.54) is 0 Å². The van der Waals surface area contributed by atoms with Crippen LogP contribution in [0.5, 0.6) is 0 Å². The summed E-state index contributed by atoms with van der Waals surface area (Å²) in [5.74, 6) is 0.507. The monoisotopic (exact) mass is 194 g/mol. The predicted molar refractivity (Wildman–Crippen MR) is 54.3 cm³/mol. The van der Waals surface area contributed by atoms with Gasteiger partial charge in [0.25, 0.3) is 0 Å². The van der Waals surface area contributed by atoms with Crippen LogP contribution in [-0.4, -0.2) is 15.7 Å². The second kappa shape index (κ2) is 4.45. The smallest absolute Gasteiger partial charge is 0.224 e. The fraction of sp³-hybridized carbons (Fsp3) is 0.333. The van der Waals surface area contributed by atoms with Gasteiger partial charge in [0.05, 0.1) is 6.20 Å². The summed E-state index contributed by atoms with van der Waals surface area (Å²) < 4.78 is 1.56. The van der Waals surface area contributed by atoms with Crippen molar-refractivity contribution in [1.29, 1.82) is 0 Å². The maximum absolute atomic E-state index is 11.1. The first-order chi connectivity index (χ1) is 6.65. The molecule has 5 nitrogen and oxygen atoms in total. The highest BCUT2D eigenvalue weighted by Crippen LogP contribution is 2.08. The first kappa shape index (κ1) is 10.3. The Morgan fingerprint density at radius 1 is 1.86 bits per heavy atom. The zero-order valence-corrected chi connectivity index (χ0v) is 8.16. The van der Waals surface area contributed by atoms with Crippen LogP contribution in [0.4, 0.5) is 5.82 Å². The number of aromatic nitrogens is 2. The lowest BCUT2D eigenvalue weighted by Gasteiger charge is -2.02. The van der Waals surface area contributed by atoms with Crippen molar-refractivity contribution in [2.75, 3.05) is 5.73 Å². The summed E-state index contributed by atoms with van der Waals surface area (Å²) in [6, 6.07) is 0. The second-order valence-corrected chi connectivity index (χ2v) is 2.95. The molecule has 0 aliphatic carbocycles. The van der Waals surface area contributed by atoms with Crippen molar-refractivity contribution in [2.24, 2.45) is 7.05 Å². The first-order valence-electron chi connectivity index (χ1n) is 4.29. The number of hydrogen-bond acceptors (Lipinski definition) is 3. The van der Waals surface area contributed by atoms with Crippen LogP contribution >= 0.6 is 0 Å². The number of anilines is 1. The summed E-state index contributed by atoms with van der Waals surface area (Å²) in [7, 11) is 1.75. The molecule has 14 heavy (non-hydrogen) atoms. The molecule has 1 heterocycles. The largest absolute Gasteiger partial charge is 0.384 e. The fourth-order valence-corrected chi connectivity index (χ4v) is 1.03. The van der Waals surface area contributed by atoms with Gasteiger partial charge < -0.3 is 11.1 Å². The molecule has 0 saturated heterocycles. The summed E-state index contributed by atoms with van der Waals surface area (Å²) in [5.41, 5.74) is 6.52. The molecule has 0 aliphatic heterocycles. The molecule has 0 atom stereocenters. The number of nitrogens with zero attached hydrogens (tertiary/aromatic N) is 2. The molecule has 5 heteroatoms. The van der Waals surface area contributed by atoms with Gasteiger partial charge >= 0.3 is 0 Å². The van der Waals surface area contributed by atoms with Crippen molar-refractivity contribution in [3.8, 4) is 0 Å². The molecule has 1 aromatic heterocycles. The summed E-state index contributed by atoms with van der Waals surface area (Å²) in [5, 5.41) is 6.67. The van der Waals surface area contributed by atoms with Gasteiger partial charge in [0.1, 0.15) is 5.82 Å². The van der Waals surface area contributed by atoms with Crippen molar-refractivity contribution in [3.63, 3.8) is 0 Å². The van der Waals surface area contributed by atoms with Gasteiger partial charge in [-0.1, -0.05) is 6.08 Å². The maximum atomic E-state index is 11.1. The number of nitrogen functional groups attached to an aromatic ring is 1. The molecular weight excluding hydrogens is 180 g/mol. The molecule has 0 radical (unpaired) electrons. The minimum Gasteiger partial charge on any atom is -0.384 e. The van der Waals surface area contributed by atoms with Gasteiger partial charge in [0.15, 0.2) is 0 Å². The third kappa shape index (κ3) is 2.35.